The highest BCUT2D eigenvalue weighted by atomic mass is 16.4. The Morgan fingerprint density at radius 3 is 2.26 bits per heavy atom. The van der Waals surface area contributed by atoms with E-state index in [1.165, 1.54) is 0 Å². The van der Waals surface area contributed by atoms with Crippen LogP contribution in [-0.2, 0) is 4.79 Å². The molecule has 0 aromatic carbocycles. The molecule has 0 rings (SSSR count). The van der Waals surface area contributed by atoms with Gasteiger partial charge in [-0.25, -0.2) is 4.79 Å². The third-order valence-electron chi connectivity index (χ3n) is 3.38. The molecule has 2 atom stereocenters. The lowest BCUT2D eigenvalue weighted by molar-refractivity contribution is -0.137. The minimum atomic E-state index is -0.879. The first kappa shape index (κ1) is 17.7. The van der Waals surface area contributed by atoms with Crippen molar-refractivity contribution in [2.45, 2.75) is 71.9 Å². The van der Waals surface area contributed by atoms with E-state index >= 15 is 0 Å². The van der Waals surface area contributed by atoms with Gasteiger partial charge in [0, 0.05) is 18.6 Å². The van der Waals surface area contributed by atoms with Crippen LogP contribution < -0.4 is 5.32 Å². The highest BCUT2D eigenvalue weighted by Gasteiger charge is 2.21. The first-order valence-corrected chi connectivity index (χ1v) is 7.25. The molecule has 0 aliphatic rings. The maximum absolute atomic E-state index is 12.2. The average Bonchev–Trinajstić information content (AvgIpc) is 2.37. The van der Waals surface area contributed by atoms with Crippen molar-refractivity contribution in [3.8, 4) is 0 Å². The maximum Gasteiger partial charge on any atom is 0.317 e. The summed E-state index contributed by atoms with van der Waals surface area (Å²) in [7, 11) is 0. The lowest BCUT2D eigenvalue weighted by atomic mass is 10.1. The standard InChI is InChI=1S/C14H28N2O3/c1-5-8-9-16(11(4)6-2)14(19)15-12(7-3)10-13(17)18/h11-12H,5-10H2,1-4H3,(H,15,19)(H,17,18). The second-order valence-corrected chi connectivity index (χ2v) is 4.96. The van der Waals surface area contributed by atoms with E-state index in [1.807, 2.05) is 25.7 Å². The SMILES string of the molecule is CCCCN(C(=O)NC(CC)CC(=O)O)C(C)CC. The number of nitrogens with zero attached hydrogens (tertiary/aromatic N) is 1. The summed E-state index contributed by atoms with van der Waals surface area (Å²) in [6.07, 6.45) is 3.50. The van der Waals surface area contributed by atoms with E-state index in [2.05, 4.69) is 12.2 Å². The molecule has 5 heteroatoms. The molecule has 0 bridgehead atoms. The number of amides is 2. The molecule has 0 saturated heterocycles. The molecular weight excluding hydrogens is 244 g/mol. The van der Waals surface area contributed by atoms with Gasteiger partial charge in [0.15, 0.2) is 0 Å². The van der Waals surface area contributed by atoms with Gasteiger partial charge in [-0.15, -0.1) is 0 Å². The van der Waals surface area contributed by atoms with Crippen LogP contribution in [0.4, 0.5) is 4.79 Å². The number of nitrogens with one attached hydrogen (secondary N) is 1. The highest BCUT2D eigenvalue weighted by molar-refractivity contribution is 5.76. The number of carboxylic acids is 1. The van der Waals surface area contributed by atoms with Gasteiger partial charge in [0.1, 0.15) is 0 Å². The minimum absolute atomic E-state index is 0.0234. The fourth-order valence-corrected chi connectivity index (χ4v) is 1.84. The fourth-order valence-electron chi connectivity index (χ4n) is 1.84. The number of carbonyl (C=O) groups is 2. The van der Waals surface area contributed by atoms with Crippen LogP contribution in [0.15, 0.2) is 0 Å². The van der Waals surface area contributed by atoms with Gasteiger partial charge in [-0.3, -0.25) is 4.79 Å². The zero-order valence-corrected chi connectivity index (χ0v) is 12.6. The Balaban J connectivity index is 4.55. The zero-order valence-electron chi connectivity index (χ0n) is 12.6. The van der Waals surface area contributed by atoms with Crippen molar-refractivity contribution in [2.24, 2.45) is 0 Å². The normalized spacial score (nSPS) is 13.7. The summed E-state index contributed by atoms with van der Waals surface area (Å²) in [5.41, 5.74) is 0. The Hall–Kier alpha value is -1.26. The van der Waals surface area contributed by atoms with E-state index in [0.29, 0.717) is 6.42 Å². The molecule has 0 spiro atoms. The first-order chi connectivity index (χ1) is 8.96. The number of carboxylic acid groups (broad SMARTS) is 1. The molecule has 5 nitrogen and oxygen atoms in total. The molecule has 0 aromatic heterocycles. The Kier molecular flexibility index (Phi) is 9.00. The van der Waals surface area contributed by atoms with Crippen molar-refractivity contribution in [1.29, 1.82) is 0 Å². The number of unbranched alkanes of at least 4 members (excludes halogenated alkanes) is 1. The third-order valence-corrected chi connectivity index (χ3v) is 3.38. The topological polar surface area (TPSA) is 69.6 Å². The summed E-state index contributed by atoms with van der Waals surface area (Å²) >= 11 is 0. The summed E-state index contributed by atoms with van der Waals surface area (Å²) in [6, 6.07) is -0.261. The van der Waals surface area contributed by atoms with Crippen LogP contribution in [-0.4, -0.2) is 40.6 Å². The average molecular weight is 272 g/mol. The van der Waals surface area contributed by atoms with Gasteiger partial charge in [0.25, 0.3) is 0 Å². The molecule has 2 unspecified atom stereocenters. The predicted molar refractivity (Wildman–Crippen MR) is 76.2 cm³/mol. The molecule has 2 N–H and O–H groups in total. The Morgan fingerprint density at radius 2 is 1.84 bits per heavy atom. The molecule has 0 aromatic rings. The minimum Gasteiger partial charge on any atom is -0.481 e. The number of carbonyl (C=O) groups excluding carboxylic acids is 1. The van der Waals surface area contributed by atoms with Crippen LogP contribution >= 0.6 is 0 Å². The monoisotopic (exact) mass is 272 g/mol. The largest absolute Gasteiger partial charge is 0.481 e. The van der Waals surface area contributed by atoms with Crippen LogP contribution in [0, 0.1) is 0 Å². The number of hydrogen-bond donors (Lipinski definition) is 2. The lowest BCUT2D eigenvalue weighted by Gasteiger charge is -2.30. The number of rotatable bonds is 9. The lowest BCUT2D eigenvalue weighted by Crippen LogP contribution is -2.49. The molecule has 0 aliphatic heterocycles. The smallest absolute Gasteiger partial charge is 0.317 e. The van der Waals surface area contributed by atoms with Crippen LogP contribution in [0.2, 0.25) is 0 Å². The van der Waals surface area contributed by atoms with Crippen molar-refractivity contribution >= 4 is 12.0 Å². The first-order valence-electron chi connectivity index (χ1n) is 7.25. The quantitative estimate of drug-likeness (QED) is 0.678. The van der Waals surface area contributed by atoms with Gasteiger partial charge in [0.05, 0.1) is 6.42 Å². The van der Waals surface area contributed by atoms with Crippen molar-refractivity contribution in [3.63, 3.8) is 0 Å². The van der Waals surface area contributed by atoms with E-state index < -0.39 is 5.97 Å². The molecule has 0 heterocycles. The van der Waals surface area contributed by atoms with Crippen LogP contribution in [0.5, 0.6) is 0 Å². The zero-order chi connectivity index (χ0) is 14.8. The van der Waals surface area contributed by atoms with Crippen LogP contribution in [0.1, 0.15) is 59.8 Å². The van der Waals surface area contributed by atoms with Gasteiger partial charge in [-0.1, -0.05) is 27.2 Å². The fraction of sp³-hybridized carbons (Fsp3) is 0.857. The Bertz CT molecular complexity index is 282. The van der Waals surface area contributed by atoms with Gasteiger partial charge >= 0.3 is 12.0 Å². The number of aliphatic carboxylic acids is 1. The summed E-state index contributed by atoms with van der Waals surface area (Å²) in [6.45, 7) is 8.76. The molecule has 0 saturated carbocycles. The van der Waals surface area contributed by atoms with E-state index in [-0.39, 0.29) is 24.5 Å². The van der Waals surface area contributed by atoms with E-state index in [1.54, 1.807) is 0 Å². The Morgan fingerprint density at radius 1 is 1.21 bits per heavy atom. The Labute approximate surface area is 116 Å². The summed E-state index contributed by atoms with van der Waals surface area (Å²) in [5, 5.41) is 11.6. The molecule has 19 heavy (non-hydrogen) atoms. The summed E-state index contributed by atoms with van der Waals surface area (Å²) < 4.78 is 0. The van der Waals surface area contributed by atoms with Crippen molar-refractivity contribution in [1.82, 2.24) is 10.2 Å². The highest BCUT2D eigenvalue weighted by Crippen LogP contribution is 2.08. The van der Waals surface area contributed by atoms with Crippen molar-refractivity contribution in [3.05, 3.63) is 0 Å². The van der Waals surface area contributed by atoms with E-state index in [4.69, 9.17) is 5.11 Å². The molecule has 0 fully saturated rings. The molecule has 112 valence electrons. The van der Waals surface area contributed by atoms with Crippen LogP contribution in [0.25, 0.3) is 0 Å². The second kappa shape index (κ2) is 9.64. The number of urea groups is 1. The van der Waals surface area contributed by atoms with Crippen molar-refractivity contribution in [2.75, 3.05) is 6.54 Å². The maximum atomic E-state index is 12.2. The van der Waals surface area contributed by atoms with Gasteiger partial charge in [-0.2, -0.15) is 0 Å². The summed E-state index contributed by atoms with van der Waals surface area (Å²) in [4.78, 5) is 24.8. The van der Waals surface area contributed by atoms with Gasteiger partial charge in [-0.05, 0) is 26.2 Å². The van der Waals surface area contributed by atoms with E-state index in [9.17, 15) is 9.59 Å². The number of hydrogen-bond acceptors (Lipinski definition) is 2. The predicted octanol–water partition coefficient (Wildman–Crippen LogP) is 2.85. The van der Waals surface area contributed by atoms with E-state index in [0.717, 1.165) is 25.8 Å². The second-order valence-electron chi connectivity index (χ2n) is 4.96. The van der Waals surface area contributed by atoms with Gasteiger partial charge < -0.3 is 15.3 Å². The third kappa shape index (κ3) is 7.03. The summed E-state index contributed by atoms with van der Waals surface area (Å²) in [5.74, 6) is -0.879. The molecular formula is C14H28N2O3. The van der Waals surface area contributed by atoms with Gasteiger partial charge in [0.2, 0.25) is 0 Å². The molecule has 0 radical (unpaired) electrons. The van der Waals surface area contributed by atoms with Crippen molar-refractivity contribution < 1.29 is 14.7 Å². The van der Waals surface area contributed by atoms with Crippen LogP contribution in [0.3, 0.4) is 0 Å². The molecule has 2 amide bonds. The molecule has 0 aliphatic carbocycles.